The van der Waals surface area contributed by atoms with Crippen molar-refractivity contribution in [1.82, 2.24) is 9.55 Å². The van der Waals surface area contributed by atoms with Crippen molar-refractivity contribution >= 4 is 34.2 Å². The lowest BCUT2D eigenvalue weighted by Crippen LogP contribution is -2.15. The van der Waals surface area contributed by atoms with Crippen molar-refractivity contribution in [2.75, 3.05) is 5.32 Å². The summed E-state index contributed by atoms with van der Waals surface area (Å²) in [5.41, 5.74) is 1.18. The Morgan fingerprint density at radius 1 is 1.00 bits per heavy atom. The third-order valence-electron chi connectivity index (χ3n) is 4.39. The van der Waals surface area contributed by atoms with E-state index >= 15 is 0 Å². The van der Waals surface area contributed by atoms with Crippen LogP contribution in [0.2, 0.25) is 5.02 Å². The Hall–Kier alpha value is -3.32. The maximum Gasteiger partial charge on any atom is 0.416 e. The van der Waals surface area contributed by atoms with E-state index < -0.39 is 17.6 Å². The molecule has 146 valence electrons. The van der Waals surface area contributed by atoms with E-state index in [1.165, 1.54) is 36.7 Å². The zero-order chi connectivity index (χ0) is 20.6. The molecule has 0 unspecified atom stereocenters. The zero-order valence-electron chi connectivity index (χ0n) is 14.7. The molecule has 4 aromatic rings. The lowest BCUT2D eigenvalue weighted by Gasteiger charge is -2.16. The van der Waals surface area contributed by atoms with E-state index in [4.69, 9.17) is 11.6 Å². The van der Waals surface area contributed by atoms with E-state index in [2.05, 4.69) is 10.3 Å². The standard InChI is InChI=1S/C21H13ClF3N3O/c22-15-8-5-13(6-9-15)20(29)27-17-11-14(21(23,24)25)7-10-19(17)28-12-26-16-3-1-2-4-18(16)28/h1-12H,(H,27,29). The average molecular weight is 416 g/mol. The fourth-order valence-corrected chi connectivity index (χ4v) is 3.10. The lowest BCUT2D eigenvalue weighted by molar-refractivity contribution is -0.137. The minimum absolute atomic E-state index is 0.0166. The molecule has 1 aromatic heterocycles. The minimum atomic E-state index is -4.55. The van der Waals surface area contributed by atoms with E-state index in [1.54, 1.807) is 22.8 Å². The van der Waals surface area contributed by atoms with E-state index in [0.717, 1.165) is 12.1 Å². The van der Waals surface area contributed by atoms with Gasteiger partial charge in [-0.05, 0) is 54.6 Å². The summed E-state index contributed by atoms with van der Waals surface area (Å²) in [7, 11) is 0. The normalized spacial score (nSPS) is 11.6. The molecule has 1 amide bonds. The van der Waals surface area contributed by atoms with E-state index in [-0.39, 0.29) is 11.3 Å². The molecule has 0 aliphatic rings. The molecule has 0 fully saturated rings. The molecule has 1 heterocycles. The van der Waals surface area contributed by atoms with Crippen molar-refractivity contribution in [2.24, 2.45) is 0 Å². The van der Waals surface area contributed by atoms with E-state index in [9.17, 15) is 18.0 Å². The molecule has 1 N–H and O–H groups in total. The highest BCUT2D eigenvalue weighted by Crippen LogP contribution is 2.34. The smallest absolute Gasteiger partial charge is 0.320 e. The number of para-hydroxylation sites is 2. The molecule has 8 heteroatoms. The number of alkyl halides is 3. The number of nitrogens with zero attached hydrogens (tertiary/aromatic N) is 2. The van der Waals surface area contributed by atoms with Crippen LogP contribution in [0.5, 0.6) is 0 Å². The number of carbonyl (C=O) groups excluding carboxylic acids is 1. The first-order valence-corrected chi connectivity index (χ1v) is 8.91. The van der Waals surface area contributed by atoms with Gasteiger partial charge in [0.1, 0.15) is 6.33 Å². The van der Waals surface area contributed by atoms with Crippen molar-refractivity contribution in [3.05, 3.63) is 89.2 Å². The van der Waals surface area contributed by atoms with Gasteiger partial charge in [0.05, 0.1) is 28.0 Å². The van der Waals surface area contributed by atoms with Gasteiger partial charge >= 0.3 is 6.18 Å². The Balaban J connectivity index is 1.81. The molecule has 4 rings (SSSR count). The monoisotopic (exact) mass is 415 g/mol. The van der Waals surface area contributed by atoms with Gasteiger partial charge < -0.3 is 5.32 Å². The van der Waals surface area contributed by atoms with Crippen molar-refractivity contribution < 1.29 is 18.0 Å². The highest BCUT2D eigenvalue weighted by atomic mass is 35.5. The third-order valence-corrected chi connectivity index (χ3v) is 4.64. The molecule has 0 saturated heterocycles. The van der Waals surface area contributed by atoms with Crippen LogP contribution in [0.25, 0.3) is 16.7 Å². The zero-order valence-corrected chi connectivity index (χ0v) is 15.5. The van der Waals surface area contributed by atoms with Crippen LogP contribution in [-0.4, -0.2) is 15.5 Å². The number of imidazole rings is 1. The highest BCUT2D eigenvalue weighted by molar-refractivity contribution is 6.30. The maximum absolute atomic E-state index is 13.3. The predicted molar refractivity (Wildman–Crippen MR) is 105 cm³/mol. The molecule has 0 aliphatic heterocycles. The largest absolute Gasteiger partial charge is 0.416 e. The predicted octanol–water partition coefficient (Wildman–Crippen LogP) is 5.95. The lowest BCUT2D eigenvalue weighted by atomic mass is 10.1. The number of hydrogen-bond acceptors (Lipinski definition) is 2. The highest BCUT2D eigenvalue weighted by Gasteiger charge is 2.31. The topological polar surface area (TPSA) is 46.9 Å². The molecular weight excluding hydrogens is 403 g/mol. The number of nitrogens with one attached hydrogen (secondary N) is 1. The second-order valence-corrected chi connectivity index (χ2v) is 6.73. The summed E-state index contributed by atoms with van der Waals surface area (Å²) < 4.78 is 41.4. The Morgan fingerprint density at radius 2 is 1.72 bits per heavy atom. The van der Waals surface area contributed by atoms with Gasteiger partial charge in [0.25, 0.3) is 5.91 Å². The van der Waals surface area contributed by atoms with Gasteiger partial charge in [0, 0.05) is 10.6 Å². The average Bonchev–Trinajstić information content (AvgIpc) is 3.12. The first-order chi connectivity index (χ1) is 13.8. The van der Waals surface area contributed by atoms with Crippen LogP contribution in [-0.2, 0) is 6.18 Å². The molecular formula is C21H13ClF3N3O. The Labute approximate surface area is 168 Å². The molecule has 0 spiro atoms. The third kappa shape index (κ3) is 3.82. The summed E-state index contributed by atoms with van der Waals surface area (Å²) in [5.74, 6) is -0.549. The molecule has 0 radical (unpaired) electrons. The first-order valence-electron chi connectivity index (χ1n) is 8.53. The summed E-state index contributed by atoms with van der Waals surface area (Å²) in [6.07, 6.45) is -3.04. The van der Waals surface area contributed by atoms with Crippen LogP contribution in [0.3, 0.4) is 0 Å². The number of anilines is 1. The molecule has 0 saturated carbocycles. The van der Waals surface area contributed by atoms with Crippen LogP contribution in [0.4, 0.5) is 18.9 Å². The second-order valence-electron chi connectivity index (χ2n) is 6.29. The molecule has 3 aromatic carbocycles. The Kier molecular flexibility index (Phi) is 4.76. The summed E-state index contributed by atoms with van der Waals surface area (Å²) >= 11 is 5.83. The molecule has 4 nitrogen and oxygen atoms in total. The first kappa shape index (κ1) is 19.0. The maximum atomic E-state index is 13.3. The van der Waals surface area contributed by atoms with Gasteiger partial charge in [-0.15, -0.1) is 0 Å². The summed E-state index contributed by atoms with van der Waals surface area (Å²) in [5, 5.41) is 3.03. The SMILES string of the molecule is O=C(Nc1cc(C(F)(F)F)ccc1-n1cnc2ccccc21)c1ccc(Cl)cc1. The molecule has 29 heavy (non-hydrogen) atoms. The van der Waals surface area contributed by atoms with Crippen LogP contribution in [0.15, 0.2) is 73.1 Å². The quantitative estimate of drug-likeness (QED) is 0.449. The van der Waals surface area contributed by atoms with Crippen LogP contribution in [0.1, 0.15) is 15.9 Å². The number of aromatic nitrogens is 2. The van der Waals surface area contributed by atoms with E-state index in [1.807, 2.05) is 6.07 Å². The number of carbonyl (C=O) groups is 1. The van der Waals surface area contributed by atoms with Gasteiger partial charge in [0.2, 0.25) is 0 Å². The number of benzene rings is 3. The Morgan fingerprint density at radius 3 is 2.45 bits per heavy atom. The van der Waals surface area contributed by atoms with Gasteiger partial charge in [-0.25, -0.2) is 4.98 Å². The molecule has 0 aliphatic carbocycles. The van der Waals surface area contributed by atoms with Gasteiger partial charge in [-0.1, -0.05) is 23.7 Å². The number of rotatable bonds is 3. The number of amides is 1. The van der Waals surface area contributed by atoms with E-state index in [0.29, 0.717) is 21.7 Å². The summed E-state index contributed by atoms with van der Waals surface area (Å²) in [6, 6.07) is 16.5. The number of hydrogen-bond donors (Lipinski definition) is 1. The van der Waals surface area contributed by atoms with Crippen molar-refractivity contribution in [1.29, 1.82) is 0 Å². The number of halogens is 4. The second kappa shape index (κ2) is 7.25. The van der Waals surface area contributed by atoms with Gasteiger partial charge in [0.15, 0.2) is 0 Å². The fourth-order valence-electron chi connectivity index (χ4n) is 2.97. The number of fused-ring (bicyclic) bond motifs is 1. The fraction of sp³-hybridized carbons (Fsp3) is 0.0476. The van der Waals surface area contributed by atoms with Crippen molar-refractivity contribution in [3.8, 4) is 5.69 Å². The summed E-state index contributed by atoms with van der Waals surface area (Å²) in [4.78, 5) is 16.9. The van der Waals surface area contributed by atoms with Crippen molar-refractivity contribution in [3.63, 3.8) is 0 Å². The summed E-state index contributed by atoms with van der Waals surface area (Å²) in [6.45, 7) is 0. The minimum Gasteiger partial charge on any atom is -0.320 e. The van der Waals surface area contributed by atoms with Gasteiger partial charge in [-0.3, -0.25) is 9.36 Å². The van der Waals surface area contributed by atoms with Crippen molar-refractivity contribution in [2.45, 2.75) is 6.18 Å². The van der Waals surface area contributed by atoms with Crippen LogP contribution < -0.4 is 5.32 Å². The van der Waals surface area contributed by atoms with Crippen LogP contribution in [0, 0.1) is 0 Å². The molecule has 0 bridgehead atoms. The van der Waals surface area contributed by atoms with Crippen LogP contribution >= 0.6 is 11.6 Å². The van der Waals surface area contributed by atoms with Gasteiger partial charge in [-0.2, -0.15) is 13.2 Å². The Bertz CT molecular complexity index is 1200. The molecule has 0 atom stereocenters.